The summed E-state index contributed by atoms with van der Waals surface area (Å²) < 4.78 is 0. The Kier molecular flexibility index (Phi) is 5.39. The van der Waals surface area contributed by atoms with E-state index in [0.717, 1.165) is 5.69 Å². The molecule has 0 fully saturated rings. The van der Waals surface area contributed by atoms with Crippen LogP contribution in [0.1, 0.15) is 39.2 Å². The van der Waals surface area contributed by atoms with Crippen molar-refractivity contribution in [2.24, 2.45) is 5.11 Å². The van der Waals surface area contributed by atoms with Crippen LogP contribution in [-0.2, 0) is 10.2 Å². The zero-order chi connectivity index (χ0) is 14.3. The first-order chi connectivity index (χ1) is 8.93. The fourth-order valence-electron chi connectivity index (χ4n) is 1.63. The highest BCUT2D eigenvalue weighted by Crippen LogP contribution is 2.23. The van der Waals surface area contributed by atoms with E-state index in [1.807, 2.05) is 24.3 Å². The monoisotopic (exact) mass is 260 g/mol. The van der Waals surface area contributed by atoms with Gasteiger partial charge in [0.1, 0.15) is 0 Å². The van der Waals surface area contributed by atoms with Gasteiger partial charge >= 0.3 is 0 Å². The summed E-state index contributed by atoms with van der Waals surface area (Å²) in [6, 6.07) is 7.86. The van der Waals surface area contributed by atoms with Gasteiger partial charge in [-0.1, -0.05) is 38.0 Å². The predicted octanol–water partition coefficient (Wildman–Crippen LogP) is 4.01. The number of nitrogens with one attached hydrogen (secondary N) is 1. The predicted molar refractivity (Wildman–Crippen MR) is 77.0 cm³/mol. The second-order valence-electron chi connectivity index (χ2n) is 5.43. The topological polar surface area (TPSA) is 77.9 Å². The van der Waals surface area contributed by atoms with Crippen LogP contribution in [0.4, 0.5) is 5.69 Å². The van der Waals surface area contributed by atoms with Gasteiger partial charge in [-0.25, -0.2) is 0 Å². The SMILES string of the molecule is CC(C)(C)c1ccc(NC(=O)CCCN=[N+]=[N-])cc1. The number of amides is 1. The summed E-state index contributed by atoms with van der Waals surface area (Å²) in [6.45, 7) is 6.80. The number of hydrogen-bond acceptors (Lipinski definition) is 2. The molecule has 0 aromatic heterocycles. The van der Waals surface area contributed by atoms with Gasteiger partial charge < -0.3 is 5.32 Å². The van der Waals surface area contributed by atoms with Crippen LogP contribution in [0.15, 0.2) is 29.4 Å². The van der Waals surface area contributed by atoms with Crippen molar-refractivity contribution in [2.75, 3.05) is 11.9 Å². The fourth-order valence-corrected chi connectivity index (χ4v) is 1.63. The van der Waals surface area contributed by atoms with E-state index in [1.165, 1.54) is 5.56 Å². The van der Waals surface area contributed by atoms with Gasteiger partial charge in [0.2, 0.25) is 5.91 Å². The molecule has 1 N–H and O–H groups in total. The Balaban J connectivity index is 2.49. The summed E-state index contributed by atoms with van der Waals surface area (Å²) in [6.07, 6.45) is 0.927. The van der Waals surface area contributed by atoms with Gasteiger partial charge in [-0.3, -0.25) is 4.79 Å². The molecule has 0 aliphatic carbocycles. The van der Waals surface area contributed by atoms with E-state index in [4.69, 9.17) is 5.53 Å². The molecule has 0 atom stereocenters. The molecule has 102 valence electrons. The van der Waals surface area contributed by atoms with Crippen LogP contribution >= 0.6 is 0 Å². The molecule has 5 nitrogen and oxygen atoms in total. The molecule has 0 saturated carbocycles. The molecule has 0 bridgehead atoms. The van der Waals surface area contributed by atoms with E-state index >= 15 is 0 Å². The molecular weight excluding hydrogens is 240 g/mol. The summed E-state index contributed by atoms with van der Waals surface area (Å²) >= 11 is 0. The van der Waals surface area contributed by atoms with E-state index in [2.05, 4.69) is 36.1 Å². The lowest BCUT2D eigenvalue weighted by Crippen LogP contribution is -2.13. The second-order valence-corrected chi connectivity index (χ2v) is 5.43. The lowest BCUT2D eigenvalue weighted by atomic mass is 9.87. The Morgan fingerprint density at radius 3 is 2.47 bits per heavy atom. The van der Waals surface area contributed by atoms with Crippen molar-refractivity contribution in [3.63, 3.8) is 0 Å². The van der Waals surface area contributed by atoms with Gasteiger partial charge in [0.25, 0.3) is 0 Å². The normalized spacial score (nSPS) is 10.7. The number of carbonyl (C=O) groups is 1. The van der Waals surface area contributed by atoms with Gasteiger partial charge in [-0.15, -0.1) is 0 Å². The molecule has 1 amide bonds. The highest BCUT2D eigenvalue weighted by atomic mass is 16.1. The maximum Gasteiger partial charge on any atom is 0.224 e. The summed E-state index contributed by atoms with van der Waals surface area (Å²) in [5.41, 5.74) is 10.2. The van der Waals surface area contributed by atoms with Crippen LogP contribution in [0, 0.1) is 0 Å². The summed E-state index contributed by atoms with van der Waals surface area (Å²) in [7, 11) is 0. The molecule has 0 aliphatic heterocycles. The number of hydrogen-bond donors (Lipinski definition) is 1. The third-order valence-corrected chi connectivity index (χ3v) is 2.76. The maximum atomic E-state index is 11.6. The Labute approximate surface area is 113 Å². The van der Waals surface area contributed by atoms with Crippen molar-refractivity contribution in [3.8, 4) is 0 Å². The number of benzene rings is 1. The van der Waals surface area contributed by atoms with Crippen molar-refractivity contribution in [1.82, 2.24) is 0 Å². The standard InChI is InChI=1S/C14H20N4O/c1-14(2,3)11-6-8-12(9-7-11)17-13(19)5-4-10-16-18-15/h6-9H,4-5,10H2,1-3H3,(H,17,19). The molecule has 0 saturated heterocycles. The molecule has 1 aromatic rings. The highest BCUT2D eigenvalue weighted by Gasteiger charge is 2.13. The molecule has 1 aromatic carbocycles. The Bertz CT molecular complexity index is 467. The van der Waals surface area contributed by atoms with Gasteiger partial charge in [-0.2, -0.15) is 0 Å². The first-order valence-corrected chi connectivity index (χ1v) is 6.35. The van der Waals surface area contributed by atoms with Gasteiger partial charge in [0.15, 0.2) is 0 Å². The number of anilines is 1. The van der Waals surface area contributed by atoms with Gasteiger partial charge in [0, 0.05) is 23.6 Å². The van der Waals surface area contributed by atoms with Crippen LogP contribution in [0.5, 0.6) is 0 Å². The molecule has 5 heteroatoms. The quantitative estimate of drug-likeness (QED) is 0.369. The van der Waals surface area contributed by atoms with E-state index in [-0.39, 0.29) is 11.3 Å². The lowest BCUT2D eigenvalue weighted by Gasteiger charge is -2.19. The maximum absolute atomic E-state index is 11.6. The van der Waals surface area contributed by atoms with Crippen molar-refractivity contribution in [2.45, 2.75) is 39.0 Å². The Morgan fingerprint density at radius 2 is 1.95 bits per heavy atom. The zero-order valence-electron chi connectivity index (χ0n) is 11.7. The minimum absolute atomic E-state index is 0.0587. The van der Waals surface area contributed by atoms with Gasteiger partial charge in [-0.05, 0) is 35.1 Å². The first-order valence-electron chi connectivity index (χ1n) is 6.35. The van der Waals surface area contributed by atoms with Gasteiger partial charge in [0.05, 0.1) is 0 Å². The highest BCUT2D eigenvalue weighted by molar-refractivity contribution is 5.90. The third kappa shape index (κ3) is 5.44. The summed E-state index contributed by atoms with van der Waals surface area (Å²) in [5, 5.41) is 6.21. The van der Waals surface area contributed by atoms with E-state index in [0.29, 0.717) is 19.4 Å². The second kappa shape index (κ2) is 6.81. The minimum Gasteiger partial charge on any atom is -0.326 e. The smallest absolute Gasteiger partial charge is 0.224 e. The fraction of sp³-hybridized carbons (Fsp3) is 0.500. The van der Waals surface area contributed by atoms with Crippen LogP contribution < -0.4 is 5.32 Å². The average molecular weight is 260 g/mol. The zero-order valence-corrected chi connectivity index (χ0v) is 11.7. The molecule has 1 rings (SSSR count). The number of nitrogens with zero attached hydrogens (tertiary/aromatic N) is 3. The minimum atomic E-state index is -0.0587. The number of carbonyl (C=O) groups excluding carboxylic acids is 1. The van der Waals surface area contributed by atoms with Crippen molar-refractivity contribution >= 4 is 11.6 Å². The van der Waals surface area contributed by atoms with E-state index in [9.17, 15) is 4.79 Å². The average Bonchev–Trinajstić information content (AvgIpc) is 2.34. The Morgan fingerprint density at radius 1 is 1.32 bits per heavy atom. The van der Waals surface area contributed by atoms with Crippen LogP contribution in [0.25, 0.3) is 10.4 Å². The molecule has 0 heterocycles. The summed E-state index contributed by atoms with van der Waals surface area (Å²) in [5.74, 6) is -0.0587. The molecule has 0 radical (unpaired) electrons. The molecular formula is C14H20N4O. The first kappa shape index (κ1) is 15.1. The molecule has 19 heavy (non-hydrogen) atoms. The van der Waals surface area contributed by atoms with Crippen LogP contribution in [0.3, 0.4) is 0 Å². The largest absolute Gasteiger partial charge is 0.326 e. The van der Waals surface area contributed by atoms with E-state index < -0.39 is 0 Å². The van der Waals surface area contributed by atoms with E-state index in [1.54, 1.807) is 0 Å². The molecule has 0 spiro atoms. The van der Waals surface area contributed by atoms with Crippen molar-refractivity contribution in [1.29, 1.82) is 0 Å². The number of azide groups is 1. The van der Waals surface area contributed by atoms with Crippen molar-refractivity contribution in [3.05, 3.63) is 40.3 Å². The van der Waals surface area contributed by atoms with Crippen LogP contribution in [0.2, 0.25) is 0 Å². The molecule has 0 unspecified atom stereocenters. The van der Waals surface area contributed by atoms with Crippen molar-refractivity contribution < 1.29 is 4.79 Å². The summed E-state index contributed by atoms with van der Waals surface area (Å²) in [4.78, 5) is 14.3. The third-order valence-electron chi connectivity index (χ3n) is 2.76. The number of rotatable bonds is 5. The molecule has 0 aliphatic rings. The lowest BCUT2D eigenvalue weighted by molar-refractivity contribution is -0.116. The Hall–Kier alpha value is -2.00. The van der Waals surface area contributed by atoms with Crippen LogP contribution in [-0.4, -0.2) is 12.5 Å².